The van der Waals surface area contributed by atoms with Gasteiger partial charge in [0, 0.05) is 30.1 Å². The summed E-state index contributed by atoms with van der Waals surface area (Å²) < 4.78 is 15.8. The summed E-state index contributed by atoms with van der Waals surface area (Å²) in [5.41, 5.74) is 5.56. The van der Waals surface area contributed by atoms with E-state index in [1.165, 1.54) is 12.1 Å². The third kappa shape index (κ3) is 4.32. The van der Waals surface area contributed by atoms with E-state index >= 15 is 0 Å². The van der Waals surface area contributed by atoms with Crippen molar-refractivity contribution in [3.05, 3.63) is 113 Å². The normalized spacial score (nSPS) is 17.2. The Morgan fingerprint density at radius 2 is 1.77 bits per heavy atom. The van der Waals surface area contributed by atoms with Crippen LogP contribution in [0.1, 0.15) is 45.6 Å². The quantitative estimate of drug-likeness (QED) is 0.427. The van der Waals surface area contributed by atoms with Crippen LogP contribution in [0.3, 0.4) is 0 Å². The summed E-state index contributed by atoms with van der Waals surface area (Å²) in [5.74, 6) is 0.460. The van der Waals surface area contributed by atoms with Crippen molar-refractivity contribution in [3.63, 3.8) is 0 Å². The van der Waals surface area contributed by atoms with Gasteiger partial charge in [-0.3, -0.25) is 4.79 Å². The van der Waals surface area contributed by atoms with Crippen molar-refractivity contribution in [2.75, 3.05) is 18.0 Å². The number of hydrogen-bond acceptors (Lipinski definition) is 3. The molecule has 0 saturated carbocycles. The maximum absolute atomic E-state index is 13.8. The highest BCUT2D eigenvalue weighted by Gasteiger charge is 2.39. The fraction of sp³-hybridized carbons (Fsp3) is 0.241. The number of carbonyl (C=O) groups excluding carboxylic acids is 1. The monoisotopic (exact) mass is 468 g/mol. The molecule has 1 aromatic heterocycles. The van der Waals surface area contributed by atoms with Gasteiger partial charge in [0.2, 0.25) is 0 Å². The number of anilines is 1. The number of amides is 1. The van der Waals surface area contributed by atoms with Crippen LogP contribution >= 0.6 is 0 Å². The molecule has 1 aliphatic heterocycles. The molecule has 4 aromatic rings. The molecule has 0 spiro atoms. The molecule has 2 atom stereocenters. The highest BCUT2D eigenvalue weighted by molar-refractivity contribution is 5.94. The molecule has 0 bridgehead atoms. The van der Waals surface area contributed by atoms with Crippen LogP contribution in [0.15, 0.2) is 78.9 Å². The highest BCUT2D eigenvalue weighted by Crippen LogP contribution is 2.42. The summed E-state index contributed by atoms with van der Waals surface area (Å²) in [4.78, 5) is 15.6. The van der Waals surface area contributed by atoms with Crippen molar-refractivity contribution in [1.82, 2.24) is 15.1 Å². The molecule has 5 nitrogen and oxygen atoms in total. The molecule has 6 heteroatoms. The zero-order chi connectivity index (χ0) is 24.5. The number of fused-ring (bicyclic) bond motifs is 1. The molecule has 5 rings (SSSR count). The standard InChI is InChI=1S/C29H29FN4O/c1-4-33-18-25(31-28(35)22-10-8-9-19(2)17-22)27(21-13-15-23(30)16-14-21)26-20(3)32-34(29(26)33)24-11-6-5-7-12-24/h5-17,25,27H,4,18H2,1-3H3,(H,31,35)/t25-,27-/m1/s1. The molecule has 3 aromatic carbocycles. The maximum atomic E-state index is 13.8. The zero-order valence-corrected chi connectivity index (χ0v) is 20.2. The van der Waals surface area contributed by atoms with Gasteiger partial charge >= 0.3 is 0 Å². The van der Waals surface area contributed by atoms with Crippen molar-refractivity contribution in [2.45, 2.75) is 32.7 Å². The first-order chi connectivity index (χ1) is 17.0. The summed E-state index contributed by atoms with van der Waals surface area (Å²) in [6.07, 6.45) is 0. The summed E-state index contributed by atoms with van der Waals surface area (Å²) in [5, 5.41) is 8.22. The van der Waals surface area contributed by atoms with Crippen molar-refractivity contribution in [2.24, 2.45) is 0 Å². The van der Waals surface area contributed by atoms with Gasteiger partial charge in [0.1, 0.15) is 11.6 Å². The van der Waals surface area contributed by atoms with Crippen LogP contribution in [0, 0.1) is 19.7 Å². The number of benzene rings is 3. The van der Waals surface area contributed by atoms with E-state index in [4.69, 9.17) is 5.10 Å². The Bertz CT molecular complexity index is 1350. The van der Waals surface area contributed by atoms with E-state index in [0.29, 0.717) is 12.1 Å². The molecule has 35 heavy (non-hydrogen) atoms. The van der Waals surface area contributed by atoms with E-state index in [0.717, 1.165) is 40.4 Å². The Labute approximate surface area is 205 Å². The Morgan fingerprint density at radius 3 is 2.46 bits per heavy atom. The molecule has 178 valence electrons. The molecule has 0 fully saturated rings. The third-order valence-corrected chi connectivity index (χ3v) is 6.72. The number of carbonyl (C=O) groups is 1. The van der Waals surface area contributed by atoms with E-state index in [9.17, 15) is 9.18 Å². The van der Waals surface area contributed by atoms with Crippen LogP contribution in [0.4, 0.5) is 10.2 Å². The zero-order valence-electron chi connectivity index (χ0n) is 20.2. The Kier molecular flexibility index (Phi) is 6.12. The SMILES string of the molecule is CCN1C[C@@H](NC(=O)c2cccc(C)c2)[C@@H](c2ccc(F)cc2)c2c(C)nn(-c3ccccc3)c21. The van der Waals surface area contributed by atoms with Gasteiger partial charge in [-0.15, -0.1) is 0 Å². The molecule has 1 aliphatic rings. The summed E-state index contributed by atoms with van der Waals surface area (Å²) >= 11 is 0. The second-order valence-electron chi connectivity index (χ2n) is 9.09. The van der Waals surface area contributed by atoms with Gasteiger partial charge in [0.05, 0.1) is 17.4 Å². The average Bonchev–Trinajstić information content (AvgIpc) is 3.22. The van der Waals surface area contributed by atoms with E-state index < -0.39 is 0 Å². The average molecular weight is 469 g/mol. The van der Waals surface area contributed by atoms with E-state index in [1.54, 1.807) is 0 Å². The number of halogens is 1. The van der Waals surface area contributed by atoms with Crippen molar-refractivity contribution < 1.29 is 9.18 Å². The van der Waals surface area contributed by atoms with Crippen LogP contribution in [-0.4, -0.2) is 34.8 Å². The van der Waals surface area contributed by atoms with Gasteiger partial charge < -0.3 is 10.2 Å². The van der Waals surface area contributed by atoms with E-state index in [1.807, 2.05) is 85.3 Å². The molecule has 0 saturated heterocycles. The van der Waals surface area contributed by atoms with Gasteiger partial charge in [-0.2, -0.15) is 5.10 Å². The van der Waals surface area contributed by atoms with Crippen LogP contribution < -0.4 is 10.2 Å². The van der Waals surface area contributed by atoms with Crippen molar-refractivity contribution in [1.29, 1.82) is 0 Å². The van der Waals surface area contributed by atoms with Crippen molar-refractivity contribution in [3.8, 4) is 5.69 Å². The molecule has 0 aliphatic carbocycles. The number of aryl methyl sites for hydroxylation is 2. The highest BCUT2D eigenvalue weighted by atomic mass is 19.1. The number of nitrogens with one attached hydrogen (secondary N) is 1. The van der Waals surface area contributed by atoms with Crippen LogP contribution in [0.5, 0.6) is 0 Å². The first kappa shape index (κ1) is 22.8. The van der Waals surface area contributed by atoms with Gasteiger partial charge in [-0.1, -0.05) is 48.0 Å². The summed E-state index contributed by atoms with van der Waals surface area (Å²) in [6.45, 7) is 7.47. The largest absolute Gasteiger partial charge is 0.354 e. The number of nitrogens with zero attached hydrogens (tertiary/aromatic N) is 3. The van der Waals surface area contributed by atoms with E-state index in [2.05, 4.69) is 17.1 Å². The molecule has 0 unspecified atom stereocenters. The minimum atomic E-state index is -0.281. The first-order valence-corrected chi connectivity index (χ1v) is 12.0. The predicted molar refractivity (Wildman–Crippen MR) is 137 cm³/mol. The van der Waals surface area contributed by atoms with Gasteiger partial charge in [0.25, 0.3) is 5.91 Å². The number of para-hydroxylation sites is 1. The lowest BCUT2D eigenvalue weighted by Gasteiger charge is -2.40. The van der Waals surface area contributed by atoms with Gasteiger partial charge in [0.15, 0.2) is 0 Å². The van der Waals surface area contributed by atoms with Gasteiger partial charge in [-0.05, 0) is 62.7 Å². The fourth-order valence-electron chi connectivity index (χ4n) is 5.09. The second-order valence-corrected chi connectivity index (χ2v) is 9.09. The number of aromatic nitrogens is 2. The molecule has 1 N–H and O–H groups in total. The smallest absolute Gasteiger partial charge is 0.251 e. The van der Waals surface area contributed by atoms with Crippen molar-refractivity contribution >= 4 is 11.7 Å². The minimum Gasteiger partial charge on any atom is -0.354 e. The lowest BCUT2D eigenvalue weighted by Crippen LogP contribution is -2.51. The van der Waals surface area contributed by atoms with E-state index in [-0.39, 0.29) is 23.7 Å². The summed E-state index contributed by atoms with van der Waals surface area (Å²) in [6, 6.07) is 24.1. The molecular formula is C29H29FN4O. The number of likely N-dealkylation sites (N-methyl/N-ethyl adjacent to an activating group) is 1. The minimum absolute atomic E-state index is 0.113. The van der Waals surface area contributed by atoms with Crippen LogP contribution in [0.25, 0.3) is 5.69 Å². The molecule has 1 amide bonds. The summed E-state index contributed by atoms with van der Waals surface area (Å²) in [7, 11) is 0. The lowest BCUT2D eigenvalue weighted by molar-refractivity contribution is 0.0933. The Morgan fingerprint density at radius 1 is 1.03 bits per heavy atom. The second kappa shape index (κ2) is 9.37. The Balaban J connectivity index is 1.63. The first-order valence-electron chi connectivity index (χ1n) is 12.0. The maximum Gasteiger partial charge on any atom is 0.251 e. The predicted octanol–water partition coefficient (Wildman–Crippen LogP) is 5.40. The number of rotatable bonds is 5. The van der Waals surface area contributed by atoms with Gasteiger partial charge in [-0.25, -0.2) is 9.07 Å². The third-order valence-electron chi connectivity index (χ3n) is 6.72. The fourth-order valence-corrected chi connectivity index (χ4v) is 5.09. The Hall–Kier alpha value is -3.93. The van der Waals surface area contributed by atoms with Crippen LogP contribution in [0.2, 0.25) is 0 Å². The molecular weight excluding hydrogens is 439 g/mol. The number of hydrogen-bond donors (Lipinski definition) is 1. The van der Waals surface area contributed by atoms with Crippen LogP contribution in [-0.2, 0) is 0 Å². The molecule has 2 heterocycles. The molecule has 0 radical (unpaired) electrons. The topological polar surface area (TPSA) is 50.2 Å². The lowest BCUT2D eigenvalue weighted by atomic mass is 9.81.